The quantitative estimate of drug-likeness (QED) is 0.637. The van der Waals surface area contributed by atoms with Gasteiger partial charge in [-0.15, -0.1) is 0 Å². The molecule has 126 valence electrons. The van der Waals surface area contributed by atoms with Gasteiger partial charge in [-0.1, -0.05) is 6.92 Å². The number of carbonyl (C=O) groups is 1. The third-order valence-electron chi connectivity index (χ3n) is 4.18. The molecule has 0 radical (unpaired) electrons. The Labute approximate surface area is 136 Å². The van der Waals surface area contributed by atoms with E-state index in [1.807, 2.05) is 13.8 Å². The molecule has 0 aliphatic carbocycles. The number of amides is 1. The molecule has 0 bridgehead atoms. The zero-order chi connectivity index (χ0) is 16.8. The number of benzene rings is 1. The van der Waals surface area contributed by atoms with E-state index in [4.69, 9.17) is 0 Å². The highest BCUT2D eigenvalue weighted by Crippen LogP contribution is 2.20. The predicted octanol–water partition coefficient (Wildman–Crippen LogP) is 1.63. The van der Waals surface area contributed by atoms with Crippen LogP contribution in [0.1, 0.15) is 20.3 Å². The molecule has 23 heavy (non-hydrogen) atoms. The van der Waals surface area contributed by atoms with Gasteiger partial charge >= 0.3 is 0 Å². The summed E-state index contributed by atoms with van der Waals surface area (Å²) < 4.78 is 0. The third-order valence-corrected chi connectivity index (χ3v) is 4.18. The fraction of sp³-hybridized carbons (Fsp3) is 0.562. The maximum absolute atomic E-state index is 11.9. The van der Waals surface area contributed by atoms with E-state index in [0.29, 0.717) is 6.54 Å². The molecular weight excluding hydrogens is 296 g/mol. The summed E-state index contributed by atoms with van der Waals surface area (Å²) in [7, 11) is 0. The highest BCUT2D eigenvalue weighted by molar-refractivity contribution is 5.78. The molecule has 0 saturated carbocycles. The first-order chi connectivity index (χ1) is 11.0. The number of carbonyl (C=O) groups excluding carboxylic acids is 1. The number of hydrogen-bond acceptors (Lipinski definition) is 5. The van der Waals surface area contributed by atoms with E-state index in [1.54, 1.807) is 12.1 Å². The van der Waals surface area contributed by atoms with Crippen molar-refractivity contribution in [1.82, 2.24) is 10.2 Å². The second kappa shape index (κ2) is 7.92. The standard InChI is InChI=1S/C16H24N4O3/c1-3-13(2)17-16(21)12-18-8-10-19(11-9-18)14-4-6-15(7-5-14)20(22)23/h4-7,13H,3,8-12H2,1-2H3,(H,17,21)/t13-/m1/s1. The Morgan fingerprint density at radius 2 is 1.87 bits per heavy atom. The number of piperazine rings is 1. The summed E-state index contributed by atoms with van der Waals surface area (Å²) in [5.41, 5.74) is 1.09. The van der Waals surface area contributed by atoms with E-state index >= 15 is 0 Å². The zero-order valence-electron chi connectivity index (χ0n) is 13.7. The van der Waals surface area contributed by atoms with Crippen LogP contribution < -0.4 is 10.2 Å². The maximum atomic E-state index is 11.9. The first-order valence-corrected chi connectivity index (χ1v) is 8.00. The van der Waals surface area contributed by atoms with Crippen LogP contribution in [-0.2, 0) is 4.79 Å². The molecule has 1 aromatic rings. The zero-order valence-corrected chi connectivity index (χ0v) is 13.7. The van der Waals surface area contributed by atoms with Crippen molar-refractivity contribution >= 4 is 17.3 Å². The van der Waals surface area contributed by atoms with Gasteiger partial charge in [-0.2, -0.15) is 0 Å². The number of nitro groups is 1. The minimum atomic E-state index is -0.391. The molecule has 1 heterocycles. The van der Waals surface area contributed by atoms with Crippen molar-refractivity contribution in [3.63, 3.8) is 0 Å². The number of rotatable bonds is 6. The Bertz CT molecular complexity index is 539. The molecule has 1 atom stereocenters. The summed E-state index contributed by atoms with van der Waals surface area (Å²) in [6.07, 6.45) is 0.930. The highest BCUT2D eigenvalue weighted by atomic mass is 16.6. The number of nitrogens with zero attached hydrogens (tertiary/aromatic N) is 3. The van der Waals surface area contributed by atoms with Gasteiger partial charge in [-0.25, -0.2) is 0 Å². The van der Waals surface area contributed by atoms with E-state index in [-0.39, 0.29) is 17.6 Å². The monoisotopic (exact) mass is 320 g/mol. The molecule has 1 fully saturated rings. The number of anilines is 1. The van der Waals surface area contributed by atoms with Crippen molar-refractivity contribution in [2.45, 2.75) is 26.3 Å². The lowest BCUT2D eigenvalue weighted by Gasteiger charge is -2.35. The molecular formula is C16H24N4O3. The van der Waals surface area contributed by atoms with Crippen molar-refractivity contribution in [3.8, 4) is 0 Å². The van der Waals surface area contributed by atoms with Gasteiger partial charge in [0.15, 0.2) is 0 Å². The first-order valence-electron chi connectivity index (χ1n) is 8.00. The summed E-state index contributed by atoms with van der Waals surface area (Å²) in [5.74, 6) is 0.0723. The van der Waals surface area contributed by atoms with Gasteiger partial charge in [0, 0.05) is 50.0 Å². The van der Waals surface area contributed by atoms with E-state index in [9.17, 15) is 14.9 Å². The molecule has 1 N–H and O–H groups in total. The predicted molar refractivity (Wildman–Crippen MR) is 89.6 cm³/mol. The molecule has 0 aromatic heterocycles. The van der Waals surface area contributed by atoms with E-state index < -0.39 is 4.92 Å². The topological polar surface area (TPSA) is 78.7 Å². The Hall–Kier alpha value is -2.15. The summed E-state index contributed by atoms with van der Waals surface area (Å²) in [4.78, 5) is 26.5. The molecule has 0 unspecified atom stereocenters. The molecule has 1 aromatic carbocycles. The van der Waals surface area contributed by atoms with E-state index in [1.165, 1.54) is 12.1 Å². The van der Waals surface area contributed by atoms with Crippen LogP contribution in [0.5, 0.6) is 0 Å². The normalized spacial score (nSPS) is 16.9. The SMILES string of the molecule is CC[C@@H](C)NC(=O)CN1CCN(c2ccc([N+](=O)[O-])cc2)CC1. The smallest absolute Gasteiger partial charge is 0.269 e. The average Bonchev–Trinajstić information content (AvgIpc) is 2.55. The lowest BCUT2D eigenvalue weighted by molar-refractivity contribution is -0.384. The second-order valence-electron chi connectivity index (χ2n) is 5.91. The molecule has 0 spiro atoms. The minimum Gasteiger partial charge on any atom is -0.369 e. The number of non-ortho nitro benzene ring substituents is 1. The van der Waals surface area contributed by atoms with Gasteiger partial charge in [0.05, 0.1) is 11.5 Å². The minimum absolute atomic E-state index is 0.0723. The number of nitrogens with one attached hydrogen (secondary N) is 1. The molecule has 1 amide bonds. The Kier molecular flexibility index (Phi) is 5.92. The van der Waals surface area contributed by atoms with Gasteiger partial charge in [0.25, 0.3) is 5.69 Å². The van der Waals surface area contributed by atoms with Crippen LogP contribution in [0.4, 0.5) is 11.4 Å². The Morgan fingerprint density at radius 1 is 1.26 bits per heavy atom. The van der Waals surface area contributed by atoms with Gasteiger partial charge < -0.3 is 10.2 Å². The lowest BCUT2D eigenvalue weighted by atomic mass is 10.2. The molecule has 1 saturated heterocycles. The fourth-order valence-corrected chi connectivity index (χ4v) is 2.57. The molecule has 1 aliphatic rings. The van der Waals surface area contributed by atoms with Crippen LogP contribution in [-0.4, -0.2) is 54.5 Å². The van der Waals surface area contributed by atoms with Crippen molar-refractivity contribution in [2.24, 2.45) is 0 Å². The van der Waals surface area contributed by atoms with Gasteiger partial charge in [0.2, 0.25) is 5.91 Å². The van der Waals surface area contributed by atoms with Crippen LogP contribution in [0, 0.1) is 10.1 Å². The summed E-state index contributed by atoms with van der Waals surface area (Å²) in [6.45, 7) is 7.73. The van der Waals surface area contributed by atoms with Gasteiger partial charge in [0.1, 0.15) is 0 Å². The van der Waals surface area contributed by atoms with Gasteiger partial charge in [-0.05, 0) is 25.5 Å². The van der Waals surface area contributed by atoms with Crippen molar-refractivity contribution in [2.75, 3.05) is 37.6 Å². The number of nitro benzene ring substituents is 1. The van der Waals surface area contributed by atoms with Crippen molar-refractivity contribution < 1.29 is 9.72 Å². The van der Waals surface area contributed by atoms with Crippen molar-refractivity contribution in [3.05, 3.63) is 34.4 Å². The summed E-state index contributed by atoms with van der Waals surface area (Å²) >= 11 is 0. The lowest BCUT2D eigenvalue weighted by Crippen LogP contribution is -2.50. The Balaban J connectivity index is 1.81. The van der Waals surface area contributed by atoms with Crippen LogP contribution in [0.15, 0.2) is 24.3 Å². The first kappa shape index (κ1) is 17.2. The van der Waals surface area contributed by atoms with Crippen LogP contribution in [0.2, 0.25) is 0 Å². The summed E-state index contributed by atoms with van der Waals surface area (Å²) in [5, 5.41) is 13.7. The average molecular weight is 320 g/mol. The fourth-order valence-electron chi connectivity index (χ4n) is 2.57. The molecule has 1 aliphatic heterocycles. The molecule has 7 heteroatoms. The second-order valence-corrected chi connectivity index (χ2v) is 5.91. The third kappa shape index (κ3) is 4.92. The maximum Gasteiger partial charge on any atom is 0.269 e. The van der Waals surface area contributed by atoms with Crippen LogP contribution in [0.3, 0.4) is 0 Å². The van der Waals surface area contributed by atoms with Crippen LogP contribution >= 0.6 is 0 Å². The van der Waals surface area contributed by atoms with E-state index in [0.717, 1.165) is 38.3 Å². The molecule has 7 nitrogen and oxygen atoms in total. The Morgan fingerprint density at radius 3 is 2.39 bits per heavy atom. The van der Waals surface area contributed by atoms with E-state index in [2.05, 4.69) is 15.1 Å². The highest BCUT2D eigenvalue weighted by Gasteiger charge is 2.20. The van der Waals surface area contributed by atoms with Crippen LogP contribution in [0.25, 0.3) is 0 Å². The number of hydrogen-bond donors (Lipinski definition) is 1. The van der Waals surface area contributed by atoms with Gasteiger partial charge in [-0.3, -0.25) is 19.8 Å². The van der Waals surface area contributed by atoms with Crippen molar-refractivity contribution in [1.29, 1.82) is 0 Å². The molecule has 2 rings (SSSR count). The summed E-state index contributed by atoms with van der Waals surface area (Å²) in [6, 6.07) is 6.83. The largest absolute Gasteiger partial charge is 0.369 e.